The number of carboxylic acid groups (broad SMARTS) is 1. The van der Waals surface area contributed by atoms with Crippen molar-refractivity contribution in [2.24, 2.45) is 5.14 Å². The molecule has 0 amide bonds. The van der Waals surface area contributed by atoms with Gasteiger partial charge in [0.05, 0.1) is 0 Å². The largest absolute Gasteiger partial charge is 0.481 e. The van der Waals surface area contributed by atoms with Crippen LogP contribution in [0.3, 0.4) is 0 Å². The van der Waals surface area contributed by atoms with Gasteiger partial charge in [0.2, 0.25) is 0 Å². The van der Waals surface area contributed by atoms with Crippen LogP contribution in [0, 0.1) is 0 Å². The predicted octanol–water partition coefficient (Wildman–Crippen LogP) is -0.575. The summed E-state index contributed by atoms with van der Waals surface area (Å²) in [4.78, 5) is 10.1. The fourth-order valence-electron chi connectivity index (χ4n) is 0.792. The van der Waals surface area contributed by atoms with Crippen LogP contribution < -0.4 is 9.86 Å². The molecule has 0 spiro atoms. The highest BCUT2D eigenvalue weighted by Gasteiger charge is 2.00. The second-order valence-electron chi connectivity index (χ2n) is 2.64. The van der Waals surface area contributed by atoms with Crippen LogP contribution in [-0.2, 0) is 15.0 Å². The van der Waals surface area contributed by atoms with E-state index in [1.165, 1.54) is 0 Å². The van der Waals surface area contributed by atoms with E-state index in [2.05, 4.69) is 9.86 Å². The summed E-state index contributed by atoms with van der Waals surface area (Å²) in [5.41, 5.74) is 0. The van der Waals surface area contributed by atoms with E-state index in [9.17, 15) is 13.2 Å². The van der Waals surface area contributed by atoms with Crippen molar-refractivity contribution >= 4 is 16.2 Å². The van der Waals surface area contributed by atoms with E-state index in [4.69, 9.17) is 5.11 Å². The van der Waals surface area contributed by atoms with Crippen LogP contribution in [0.25, 0.3) is 0 Å². The Morgan fingerprint density at radius 2 is 1.92 bits per heavy atom. The number of carboxylic acids is 1. The summed E-state index contributed by atoms with van der Waals surface area (Å²) in [5, 5.41) is 12.9. The molecule has 6 nitrogen and oxygen atoms in total. The molecule has 0 saturated carbocycles. The molecule has 0 aliphatic heterocycles. The molecule has 0 atom stereocenters. The third-order valence-electron chi connectivity index (χ3n) is 1.37. The van der Waals surface area contributed by atoms with Crippen molar-refractivity contribution in [3.8, 4) is 0 Å². The van der Waals surface area contributed by atoms with Gasteiger partial charge in [-0.15, -0.1) is 0 Å². The van der Waals surface area contributed by atoms with E-state index < -0.39 is 16.2 Å². The fourth-order valence-corrected chi connectivity index (χ4v) is 1.22. The Kier molecular flexibility index (Phi) is 5.60. The standard InChI is InChI=1S/C6H14N2O4S/c7-13(11,12)8-5-3-1-2-4-6(9)10/h8H,1-5H2,(H,9,10)(H2,7,11,12). The molecule has 0 fully saturated rings. The van der Waals surface area contributed by atoms with Crippen LogP contribution in [0.15, 0.2) is 0 Å². The molecule has 0 aromatic rings. The van der Waals surface area contributed by atoms with Gasteiger partial charge in [-0.05, 0) is 12.8 Å². The highest BCUT2D eigenvalue weighted by molar-refractivity contribution is 7.87. The smallest absolute Gasteiger partial charge is 0.303 e. The maximum atomic E-state index is 10.3. The number of rotatable bonds is 7. The average Bonchev–Trinajstić information content (AvgIpc) is 1.93. The summed E-state index contributed by atoms with van der Waals surface area (Å²) in [5.74, 6) is -0.834. The summed E-state index contributed by atoms with van der Waals surface area (Å²) in [6, 6.07) is 0. The Morgan fingerprint density at radius 1 is 1.31 bits per heavy atom. The molecule has 4 N–H and O–H groups in total. The van der Waals surface area contributed by atoms with Gasteiger partial charge < -0.3 is 5.11 Å². The average molecular weight is 210 g/mol. The zero-order valence-corrected chi connectivity index (χ0v) is 8.01. The summed E-state index contributed by atoms with van der Waals surface area (Å²) < 4.78 is 22.8. The van der Waals surface area contributed by atoms with E-state index in [0.29, 0.717) is 19.3 Å². The second kappa shape index (κ2) is 5.90. The summed E-state index contributed by atoms with van der Waals surface area (Å²) in [7, 11) is -3.59. The fraction of sp³-hybridized carbons (Fsp3) is 0.833. The van der Waals surface area contributed by atoms with Crippen LogP contribution in [-0.4, -0.2) is 26.0 Å². The molecule has 0 aromatic heterocycles. The van der Waals surface area contributed by atoms with E-state index in [1.807, 2.05) is 0 Å². The van der Waals surface area contributed by atoms with Gasteiger partial charge in [-0.3, -0.25) is 4.79 Å². The summed E-state index contributed by atoms with van der Waals surface area (Å²) in [6.07, 6.45) is 1.95. The first kappa shape index (κ1) is 12.3. The summed E-state index contributed by atoms with van der Waals surface area (Å²) in [6.45, 7) is 0.262. The van der Waals surface area contributed by atoms with Crippen LogP contribution >= 0.6 is 0 Å². The summed E-state index contributed by atoms with van der Waals surface area (Å²) >= 11 is 0. The normalized spacial score (nSPS) is 11.5. The molecule has 0 radical (unpaired) electrons. The van der Waals surface area contributed by atoms with Crippen molar-refractivity contribution in [1.29, 1.82) is 0 Å². The Bertz CT molecular complexity index is 249. The third kappa shape index (κ3) is 11.3. The molecule has 0 aliphatic rings. The first-order valence-corrected chi connectivity index (χ1v) is 5.45. The van der Waals surface area contributed by atoms with Gasteiger partial charge in [-0.2, -0.15) is 8.42 Å². The van der Waals surface area contributed by atoms with Crippen LogP contribution in [0.1, 0.15) is 25.7 Å². The van der Waals surface area contributed by atoms with Gasteiger partial charge in [0.15, 0.2) is 0 Å². The second-order valence-corrected chi connectivity index (χ2v) is 4.02. The number of hydrogen-bond acceptors (Lipinski definition) is 3. The Morgan fingerprint density at radius 3 is 2.38 bits per heavy atom. The number of nitrogens with two attached hydrogens (primary N) is 1. The first-order valence-electron chi connectivity index (χ1n) is 3.91. The van der Waals surface area contributed by atoms with E-state index >= 15 is 0 Å². The number of aliphatic carboxylic acids is 1. The SMILES string of the molecule is NS(=O)(=O)NCCCCCC(=O)O. The minimum atomic E-state index is -3.59. The number of nitrogens with one attached hydrogen (secondary N) is 1. The van der Waals surface area contributed by atoms with Gasteiger partial charge in [-0.25, -0.2) is 9.86 Å². The lowest BCUT2D eigenvalue weighted by molar-refractivity contribution is -0.137. The molecule has 0 unspecified atom stereocenters. The molecule has 78 valence electrons. The molecular formula is C6H14N2O4S. The lowest BCUT2D eigenvalue weighted by Gasteiger charge is -2.00. The van der Waals surface area contributed by atoms with Gasteiger partial charge >= 0.3 is 5.97 Å². The first-order chi connectivity index (χ1) is 5.92. The van der Waals surface area contributed by atoms with Gasteiger partial charge in [0.25, 0.3) is 10.2 Å². The molecular weight excluding hydrogens is 196 g/mol. The molecule has 0 saturated heterocycles. The predicted molar refractivity (Wildman–Crippen MR) is 47.2 cm³/mol. The quantitative estimate of drug-likeness (QED) is 0.488. The Balaban J connectivity index is 3.23. The zero-order chi connectivity index (χ0) is 10.3. The maximum Gasteiger partial charge on any atom is 0.303 e. The minimum Gasteiger partial charge on any atom is -0.481 e. The molecule has 0 bridgehead atoms. The molecule has 7 heteroatoms. The minimum absolute atomic E-state index is 0.120. The monoisotopic (exact) mass is 210 g/mol. The zero-order valence-electron chi connectivity index (χ0n) is 7.19. The molecule has 13 heavy (non-hydrogen) atoms. The molecule has 0 aromatic carbocycles. The maximum absolute atomic E-state index is 10.3. The van der Waals surface area contributed by atoms with E-state index in [-0.39, 0.29) is 13.0 Å². The molecule has 0 rings (SSSR count). The van der Waals surface area contributed by atoms with Crippen molar-refractivity contribution in [2.45, 2.75) is 25.7 Å². The van der Waals surface area contributed by atoms with Gasteiger partial charge in [0.1, 0.15) is 0 Å². The highest BCUT2D eigenvalue weighted by atomic mass is 32.2. The Hall–Kier alpha value is -0.660. The lowest BCUT2D eigenvalue weighted by atomic mass is 10.2. The molecule has 0 aliphatic carbocycles. The molecule has 0 heterocycles. The van der Waals surface area contributed by atoms with Crippen LogP contribution in [0.5, 0.6) is 0 Å². The van der Waals surface area contributed by atoms with Gasteiger partial charge in [0, 0.05) is 13.0 Å². The third-order valence-corrected chi connectivity index (χ3v) is 1.98. The van der Waals surface area contributed by atoms with Crippen molar-refractivity contribution < 1.29 is 18.3 Å². The lowest BCUT2D eigenvalue weighted by Crippen LogP contribution is -2.31. The van der Waals surface area contributed by atoms with Crippen molar-refractivity contribution in [3.63, 3.8) is 0 Å². The van der Waals surface area contributed by atoms with Gasteiger partial charge in [-0.1, -0.05) is 6.42 Å². The Labute approximate surface area is 77.3 Å². The van der Waals surface area contributed by atoms with Crippen molar-refractivity contribution in [2.75, 3.05) is 6.54 Å². The topological polar surface area (TPSA) is 109 Å². The van der Waals surface area contributed by atoms with Crippen molar-refractivity contribution in [3.05, 3.63) is 0 Å². The van der Waals surface area contributed by atoms with E-state index in [1.54, 1.807) is 0 Å². The van der Waals surface area contributed by atoms with Crippen molar-refractivity contribution in [1.82, 2.24) is 4.72 Å². The highest BCUT2D eigenvalue weighted by Crippen LogP contribution is 1.98. The number of hydrogen-bond donors (Lipinski definition) is 3. The number of carbonyl (C=O) groups is 1. The van der Waals surface area contributed by atoms with Crippen LogP contribution in [0.4, 0.5) is 0 Å². The number of unbranched alkanes of at least 4 members (excludes halogenated alkanes) is 2. The van der Waals surface area contributed by atoms with Crippen LogP contribution in [0.2, 0.25) is 0 Å². The van der Waals surface area contributed by atoms with E-state index in [0.717, 1.165) is 0 Å².